The molecule has 5 aliphatic heterocycles. The van der Waals surface area contributed by atoms with E-state index < -0.39 is 76.8 Å². The fourth-order valence-electron chi connectivity index (χ4n) is 10.5. The van der Waals surface area contributed by atoms with Crippen LogP contribution in [0.1, 0.15) is 133 Å². The van der Waals surface area contributed by atoms with Crippen LogP contribution in [-0.4, -0.2) is 97.7 Å². The van der Waals surface area contributed by atoms with E-state index in [2.05, 4.69) is 20.8 Å². The van der Waals surface area contributed by atoms with Gasteiger partial charge in [-0.15, -0.1) is 0 Å². The lowest BCUT2D eigenvalue weighted by Crippen LogP contribution is -2.63. The average molecular weight is 751 g/mol. The fraction of sp³-hybridized carbons (Fsp3) is 0.905. The second-order valence-electron chi connectivity index (χ2n) is 17.9. The zero-order valence-electron chi connectivity index (χ0n) is 34.0. The third kappa shape index (κ3) is 7.94. The van der Waals surface area contributed by atoms with Crippen molar-refractivity contribution in [2.45, 2.75) is 199 Å². The second kappa shape index (κ2) is 16.2. The Labute approximate surface area is 317 Å². The van der Waals surface area contributed by atoms with Crippen LogP contribution in [0.3, 0.4) is 0 Å². The highest BCUT2D eigenvalue weighted by Gasteiger charge is 2.63. The molecule has 4 fully saturated rings. The first-order valence-electron chi connectivity index (χ1n) is 20.7. The monoisotopic (exact) mass is 750 g/mol. The summed E-state index contributed by atoms with van der Waals surface area (Å²) in [4.78, 5) is 26.4. The largest absolute Gasteiger partial charge is 0.481 e. The molecule has 11 nitrogen and oxygen atoms in total. The first-order valence-corrected chi connectivity index (χ1v) is 20.7. The highest BCUT2D eigenvalue weighted by Crippen LogP contribution is 2.54. The normalized spacial score (nSPS) is 46.2. The molecule has 0 bridgehead atoms. The van der Waals surface area contributed by atoms with Crippen LogP contribution < -0.4 is 0 Å². The van der Waals surface area contributed by atoms with E-state index in [0.717, 1.165) is 6.42 Å². The van der Waals surface area contributed by atoms with Crippen molar-refractivity contribution in [3.8, 4) is 0 Å². The van der Waals surface area contributed by atoms with Gasteiger partial charge >= 0.3 is 5.97 Å². The summed E-state index contributed by atoms with van der Waals surface area (Å²) < 4.78 is 33.5. The molecule has 2 spiro atoms. The molecule has 11 heteroatoms. The van der Waals surface area contributed by atoms with Gasteiger partial charge in [0.15, 0.2) is 5.79 Å². The average Bonchev–Trinajstić information content (AvgIpc) is 3.47. The highest BCUT2D eigenvalue weighted by molar-refractivity contribution is 5.84. The number of rotatable bonds is 12. The molecule has 0 aromatic heterocycles. The molecule has 18 atom stereocenters. The van der Waals surface area contributed by atoms with E-state index in [1.54, 1.807) is 19.1 Å². The maximum absolute atomic E-state index is 14.4. The molecule has 11 unspecified atom stereocenters. The quantitative estimate of drug-likeness (QED) is 0.169. The first kappa shape index (κ1) is 42.7. The molecule has 0 saturated carbocycles. The fourth-order valence-corrected chi connectivity index (χ4v) is 10.5. The van der Waals surface area contributed by atoms with Crippen molar-refractivity contribution in [3.05, 3.63) is 12.2 Å². The van der Waals surface area contributed by atoms with E-state index in [1.807, 2.05) is 41.5 Å². The number of hydrogen-bond donors (Lipinski definition) is 4. The Bertz CT molecular complexity index is 1320. The molecule has 53 heavy (non-hydrogen) atoms. The molecule has 5 rings (SSSR count). The molecular formula is C42H70O11. The van der Waals surface area contributed by atoms with E-state index in [9.17, 15) is 30.0 Å². The molecule has 304 valence electrons. The van der Waals surface area contributed by atoms with Gasteiger partial charge in [-0.25, -0.2) is 0 Å². The van der Waals surface area contributed by atoms with Crippen LogP contribution in [0.15, 0.2) is 12.2 Å². The van der Waals surface area contributed by atoms with Crippen LogP contribution in [0.4, 0.5) is 0 Å². The number of Topliss-reactive ketones (excluding diaryl/α,β-unsaturated/α-hetero) is 1. The number of carbonyl (C=O) groups excluding carboxylic acids is 1. The summed E-state index contributed by atoms with van der Waals surface area (Å²) in [6.07, 6.45) is 5.51. The third-order valence-electron chi connectivity index (χ3n) is 14.4. The van der Waals surface area contributed by atoms with E-state index in [0.29, 0.717) is 57.8 Å². The Morgan fingerprint density at radius 1 is 0.887 bits per heavy atom. The Hall–Kier alpha value is -1.44. The number of aliphatic hydroxyl groups excluding tert-OH is 2. The predicted octanol–water partition coefficient (Wildman–Crippen LogP) is 6.19. The lowest BCUT2D eigenvalue weighted by molar-refractivity contribution is -0.409. The summed E-state index contributed by atoms with van der Waals surface area (Å²) in [5, 5.41) is 44.0. The number of ketones is 1. The standard InChI is InChI=1S/C42H70O11/c1-11-29(38(46)47)31-15-14-23(4)36(50-31)27(8)34(44)26(7)35(45)30(12-2)37-24(5)22-25(6)41(51-37)19-16-32(43)42(53-41)21-20-39(10,52-42)33-17-18-40(48,13-3)28(9)49-33/h16,19,23-34,36-37,43-44,48H,11-15,17-18,20-22H2,1-10H3,(H,46,47)/t23-,24-,25?,26?,27?,28-,29?,30?,31?,32?,33?,34?,36?,37?,39+,40+,41-,42-/m0/s1. The number of carboxylic acids is 1. The minimum atomic E-state index is -1.37. The number of hydrogen-bond acceptors (Lipinski definition) is 10. The van der Waals surface area contributed by atoms with Gasteiger partial charge in [0.1, 0.15) is 11.9 Å². The number of aliphatic hydroxyl groups is 3. The molecule has 5 heterocycles. The smallest absolute Gasteiger partial charge is 0.309 e. The minimum absolute atomic E-state index is 0.0137. The van der Waals surface area contributed by atoms with E-state index in [1.165, 1.54) is 0 Å². The molecule has 4 saturated heterocycles. The van der Waals surface area contributed by atoms with Crippen molar-refractivity contribution in [2.75, 3.05) is 0 Å². The van der Waals surface area contributed by atoms with Crippen molar-refractivity contribution in [3.63, 3.8) is 0 Å². The highest BCUT2D eigenvalue weighted by atomic mass is 16.8. The summed E-state index contributed by atoms with van der Waals surface area (Å²) in [7, 11) is 0. The molecule has 0 aromatic carbocycles. The first-order chi connectivity index (χ1) is 24.8. The van der Waals surface area contributed by atoms with Gasteiger partial charge in [0, 0.05) is 30.1 Å². The van der Waals surface area contributed by atoms with Gasteiger partial charge in [0.05, 0.1) is 53.7 Å². The van der Waals surface area contributed by atoms with Gasteiger partial charge in [0.2, 0.25) is 5.79 Å². The van der Waals surface area contributed by atoms with Crippen molar-refractivity contribution in [2.24, 2.45) is 41.4 Å². The molecule has 0 radical (unpaired) electrons. The molecule has 0 aliphatic carbocycles. The number of carbonyl (C=O) groups is 2. The minimum Gasteiger partial charge on any atom is -0.481 e. The predicted molar refractivity (Wildman–Crippen MR) is 199 cm³/mol. The topological polar surface area (TPSA) is 161 Å². The van der Waals surface area contributed by atoms with Gasteiger partial charge < -0.3 is 44.1 Å². The lowest BCUT2D eigenvalue weighted by Gasteiger charge is -2.54. The van der Waals surface area contributed by atoms with Gasteiger partial charge in [-0.2, -0.15) is 0 Å². The maximum atomic E-state index is 14.4. The van der Waals surface area contributed by atoms with Gasteiger partial charge in [-0.3, -0.25) is 9.59 Å². The number of carboxylic acid groups (broad SMARTS) is 1. The van der Waals surface area contributed by atoms with Crippen LogP contribution in [-0.2, 0) is 33.3 Å². The van der Waals surface area contributed by atoms with Crippen molar-refractivity contribution < 1.29 is 53.7 Å². The van der Waals surface area contributed by atoms with Crippen molar-refractivity contribution >= 4 is 11.8 Å². The SMILES string of the molecule is CCC(C(=O)O)C1CC[C@H](C)C(C(C)C(O)C(C)C(=O)C(CC)C2O[C@]3(C=CC(O)[C@]4(CC[C@](C)(C5CC[C@](O)(CC)[C@H](C)O5)O4)O3)C(C)C[C@@H]2C)O1. The zero-order chi connectivity index (χ0) is 39.3. The van der Waals surface area contributed by atoms with Crippen molar-refractivity contribution in [1.82, 2.24) is 0 Å². The van der Waals surface area contributed by atoms with E-state index >= 15 is 0 Å². The molecule has 0 amide bonds. The summed E-state index contributed by atoms with van der Waals surface area (Å²) in [5.41, 5.74) is -1.63. The van der Waals surface area contributed by atoms with E-state index in [4.69, 9.17) is 23.7 Å². The number of ether oxygens (including phenoxy) is 5. The zero-order valence-corrected chi connectivity index (χ0v) is 34.0. The van der Waals surface area contributed by atoms with Crippen LogP contribution in [0, 0.1) is 41.4 Å². The Kier molecular flexibility index (Phi) is 13.0. The van der Waals surface area contributed by atoms with Crippen LogP contribution >= 0.6 is 0 Å². The maximum Gasteiger partial charge on any atom is 0.309 e. The molecule has 0 aromatic rings. The summed E-state index contributed by atoms with van der Waals surface area (Å²) >= 11 is 0. The van der Waals surface area contributed by atoms with Gasteiger partial charge in [0.25, 0.3) is 0 Å². The molecule has 4 N–H and O–H groups in total. The van der Waals surface area contributed by atoms with Crippen LogP contribution in [0.5, 0.6) is 0 Å². The second-order valence-corrected chi connectivity index (χ2v) is 17.9. The third-order valence-corrected chi connectivity index (χ3v) is 14.4. The van der Waals surface area contributed by atoms with Gasteiger partial charge in [-0.1, -0.05) is 55.4 Å². The summed E-state index contributed by atoms with van der Waals surface area (Å²) in [5.74, 6) is -5.78. The number of aliphatic carboxylic acids is 1. The summed E-state index contributed by atoms with van der Waals surface area (Å²) in [6, 6.07) is 0. The lowest BCUT2D eigenvalue weighted by atomic mass is 9.72. The molecular weight excluding hydrogens is 680 g/mol. The van der Waals surface area contributed by atoms with Crippen LogP contribution in [0.25, 0.3) is 0 Å². The van der Waals surface area contributed by atoms with Gasteiger partial charge in [-0.05, 0) is 95.6 Å². The molecule has 5 aliphatic rings. The van der Waals surface area contributed by atoms with E-state index in [-0.39, 0.29) is 41.8 Å². The van der Waals surface area contributed by atoms with Crippen molar-refractivity contribution in [1.29, 1.82) is 0 Å². The summed E-state index contributed by atoms with van der Waals surface area (Å²) in [6.45, 7) is 19.6. The Morgan fingerprint density at radius 2 is 1.57 bits per heavy atom. The Morgan fingerprint density at radius 3 is 2.17 bits per heavy atom. The van der Waals surface area contributed by atoms with Crippen LogP contribution in [0.2, 0.25) is 0 Å². The Balaban J connectivity index is 1.31.